The summed E-state index contributed by atoms with van der Waals surface area (Å²) < 4.78 is 15.0. The normalized spacial score (nSPS) is 31.7. The summed E-state index contributed by atoms with van der Waals surface area (Å²) in [4.78, 5) is 15.0. The number of hydrogen-bond donors (Lipinski definition) is 3. The van der Waals surface area contributed by atoms with Crippen LogP contribution in [0.5, 0.6) is 0 Å². The van der Waals surface area contributed by atoms with E-state index in [0.717, 1.165) is 11.8 Å². The molecule has 1 aliphatic heterocycles. The van der Waals surface area contributed by atoms with E-state index >= 15 is 0 Å². The first-order valence-corrected chi connectivity index (χ1v) is 6.38. The first-order valence-electron chi connectivity index (χ1n) is 5.44. The van der Waals surface area contributed by atoms with Crippen molar-refractivity contribution in [1.29, 1.82) is 0 Å². The predicted molar refractivity (Wildman–Crippen MR) is 66.1 cm³/mol. The average molecular weight is 275 g/mol. The van der Waals surface area contributed by atoms with Crippen LogP contribution in [-0.4, -0.2) is 49.1 Å². The molecule has 4 N–H and O–H groups in total. The molecule has 0 aromatic carbocycles. The smallest absolute Gasteiger partial charge is 0.349 e. The fourth-order valence-electron chi connectivity index (χ4n) is 1.87. The maximum Gasteiger partial charge on any atom is 0.349 e. The molecular formula is C10H14FN3O3S. The zero-order valence-corrected chi connectivity index (χ0v) is 10.3. The maximum absolute atomic E-state index is 13.8. The molecule has 4 atom stereocenters. The second kappa shape index (κ2) is 5.25. The van der Waals surface area contributed by atoms with Gasteiger partial charge >= 0.3 is 5.69 Å². The molecule has 2 heterocycles. The van der Waals surface area contributed by atoms with Crippen LogP contribution in [0.15, 0.2) is 17.1 Å². The third-order valence-electron chi connectivity index (χ3n) is 2.86. The molecule has 2 rings (SSSR count). The molecule has 1 saturated heterocycles. The standard InChI is InChI=1S/C10H14FN3O3S/c11-8-5(18-6(4-15)9(8)16)3-14-2-1-7(12)13-10(14)17/h1-2,5-6,8-9,15-16H,3-4H2,(H2,12,13,17)/t5-,6+,8+,9+/m0/s1. The molecule has 0 unspecified atom stereocenters. The van der Waals surface area contributed by atoms with Gasteiger partial charge in [-0.1, -0.05) is 0 Å². The fraction of sp³-hybridized carbons (Fsp3) is 0.600. The van der Waals surface area contributed by atoms with Crippen molar-refractivity contribution in [3.8, 4) is 0 Å². The Bertz CT molecular complexity index is 484. The zero-order valence-electron chi connectivity index (χ0n) is 9.44. The molecule has 0 amide bonds. The minimum atomic E-state index is -1.48. The Hall–Kier alpha value is -1.12. The van der Waals surface area contributed by atoms with Crippen molar-refractivity contribution >= 4 is 17.6 Å². The van der Waals surface area contributed by atoms with Crippen molar-refractivity contribution in [2.45, 2.75) is 29.3 Å². The topological polar surface area (TPSA) is 101 Å². The Balaban J connectivity index is 2.13. The number of nitrogens with zero attached hydrogens (tertiary/aromatic N) is 2. The Morgan fingerprint density at radius 2 is 2.28 bits per heavy atom. The van der Waals surface area contributed by atoms with Gasteiger partial charge in [0.15, 0.2) is 0 Å². The molecule has 0 radical (unpaired) electrons. The molecule has 0 aliphatic carbocycles. The van der Waals surface area contributed by atoms with E-state index in [1.807, 2.05) is 0 Å². The highest BCUT2D eigenvalue weighted by atomic mass is 32.2. The molecule has 18 heavy (non-hydrogen) atoms. The van der Waals surface area contributed by atoms with E-state index in [0.29, 0.717) is 0 Å². The van der Waals surface area contributed by atoms with Crippen molar-refractivity contribution in [2.75, 3.05) is 12.3 Å². The van der Waals surface area contributed by atoms with E-state index in [2.05, 4.69) is 4.98 Å². The van der Waals surface area contributed by atoms with E-state index in [-0.39, 0.29) is 19.0 Å². The van der Waals surface area contributed by atoms with Crippen LogP contribution in [0.25, 0.3) is 0 Å². The van der Waals surface area contributed by atoms with Gasteiger partial charge in [-0.05, 0) is 6.07 Å². The van der Waals surface area contributed by atoms with Crippen LogP contribution in [-0.2, 0) is 6.54 Å². The van der Waals surface area contributed by atoms with Gasteiger partial charge in [0.05, 0.1) is 17.1 Å². The Labute approximate surface area is 107 Å². The van der Waals surface area contributed by atoms with Gasteiger partial charge in [0, 0.05) is 12.7 Å². The molecule has 1 fully saturated rings. The minimum absolute atomic E-state index is 0.0888. The summed E-state index contributed by atoms with van der Waals surface area (Å²) in [5.74, 6) is 0.111. The van der Waals surface area contributed by atoms with E-state index in [9.17, 15) is 14.3 Å². The number of aliphatic hydroxyl groups excluding tert-OH is 2. The maximum atomic E-state index is 13.8. The lowest BCUT2D eigenvalue weighted by atomic mass is 10.1. The van der Waals surface area contributed by atoms with Crippen LogP contribution in [0, 0.1) is 0 Å². The first-order chi connectivity index (χ1) is 8.52. The third kappa shape index (κ3) is 2.50. The summed E-state index contributed by atoms with van der Waals surface area (Å²) in [6, 6.07) is 1.45. The summed E-state index contributed by atoms with van der Waals surface area (Å²) in [7, 11) is 0. The number of nitrogen functional groups attached to an aromatic ring is 1. The van der Waals surface area contributed by atoms with Crippen LogP contribution in [0.3, 0.4) is 0 Å². The molecule has 100 valence electrons. The average Bonchev–Trinajstić information content (AvgIpc) is 2.60. The largest absolute Gasteiger partial charge is 0.395 e. The number of rotatable bonds is 3. The van der Waals surface area contributed by atoms with E-state index in [1.54, 1.807) is 0 Å². The van der Waals surface area contributed by atoms with Gasteiger partial charge in [0.1, 0.15) is 18.1 Å². The third-order valence-corrected chi connectivity index (χ3v) is 4.40. The van der Waals surface area contributed by atoms with Gasteiger partial charge in [-0.2, -0.15) is 4.98 Å². The number of aliphatic hydroxyl groups is 2. The summed E-state index contributed by atoms with van der Waals surface area (Å²) in [6.45, 7) is -0.205. The second-order valence-electron chi connectivity index (χ2n) is 4.12. The summed E-state index contributed by atoms with van der Waals surface area (Å²) in [5, 5.41) is 17.4. The van der Waals surface area contributed by atoms with Crippen LogP contribution < -0.4 is 11.4 Å². The molecule has 1 aromatic heterocycles. The van der Waals surface area contributed by atoms with Gasteiger partial charge in [-0.25, -0.2) is 9.18 Å². The van der Waals surface area contributed by atoms with E-state index in [1.165, 1.54) is 16.8 Å². The molecule has 0 saturated carbocycles. The Kier molecular flexibility index (Phi) is 3.88. The molecular weight excluding hydrogens is 261 g/mol. The number of hydrogen-bond acceptors (Lipinski definition) is 6. The lowest BCUT2D eigenvalue weighted by Crippen LogP contribution is -2.34. The van der Waals surface area contributed by atoms with Crippen molar-refractivity contribution in [1.82, 2.24) is 9.55 Å². The molecule has 1 aliphatic rings. The number of halogens is 1. The quantitative estimate of drug-likeness (QED) is 0.654. The molecule has 0 spiro atoms. The highest BCUT2D eigenvalue weighted by Gasteiger charge is 2.43. The predicted octanol–water partition coefficient (Wildman–Crippen LogP) is -0.999. The number of anilines is 1. The van der Waals surface area contributed by atoms with Gasteiger partial charge in [-0.15, -0.1) is 11.8 Å². The molecule has 6 nitrogen and oxygen atoms in total. The molecule has 8 heteroatoms. The van der Waals surface area contributed by atoms with Gasteiger partial charge in [0.2, 0.25) is 0 Å². The van der Waals surface area contributed by atoms with Crippen molar-refractivity contribution in [3.63, 3.8) is 0 Å². The van der Waals surface area contributed by atoms with Gasteiger partial charge in [0.25, 0.3) is 0 Å². The van der Waals surface area contributed by atoms with Gasteiger partial charge < -0.3 is 15.9 Å². The molecule has 0 bridgehead atoms. The SMILES string of the molecule is Nc1ccn(C[C@@H]2S[C@H](CO)[C@@H](O)[C@@H]2F)c(=O)n1. The number of thioether (sulfide) groups is 1. The lowest BCUT2D eigenvalue weighted by molar-refractivity contribution is 0.0697. The lowest BCUT2D eigenvalue weighted by Gasteiger charge is -2.14. The van der Waals surface area contributed by atoms with Crippen LogP contribution in [0.2, 0.25) is 0 Å². The summed E-state index contributed by atoms with van der Waals surface area (Å²) in [6.07, 6.45) is -1.24. The zero-order chi connectivity index (χ0) is 13.3. The molecule has 1 aromatic rings. The highest BCUT2D eigenvalue weighted by Crippen LogP contribution is 2.36. The van der Waals surface area contributed by atoms with Crippen LogP contribution in [0.1, 0.15) is 0 Å². The van der Waals surface area contributed by atoms with Crippen molar-refractivity contribution in [2.24, 2.45) is 0 Å². The Morgan fingerprint density at radius 3 is 2.83 bits per heavy atom. The van der Waals surface area contributed by atoms with Crippen molar-refractivity contribution < 1.29 is 14.6 Å². The van der Waals surface area contributed by atoms with E-state index < -0.39 is 28.5 Å². The fourth-order valence-corrected chi connectivity index (χ4v) is 3.28. The number of alkyl halides is 1. The summed E-state index contributed by atoms with van der Waals surface area (Å²) >= 11 is 1.14. The van der Waals surface area contributed by atoms with Crippen LogP contribution >= 0.6 is 11.8 Å². The van der Waals surface area contributed by atoms with E-state index in [4.69, 9.17) is 10.8 Å². The second-order valence-corrected chi connectivity index (χ2v) is 5.60. The number of nitrogens with two attached hydrogens (primary N) is 1. The highest BCUT2D eigenvalue weighted by molar-refractivity contribution is 8.00. The minimum Gasteiger partial charge on any atom is -0.395 e. The van der Waals surface area contributed by atoms with Crippen molar-refractivity contribution in [3.05, 3.63) is 22.7 Å². The summed E-state index contributed by atoms with van der Waals surface area (Å²) in [5.41, 5.74) is 4.80. The van der Waals surface area contributed by atoms with Gasteiger partial charge in [-0.3, -0.25) is 4.57 Å². The Morgan fingerprint density at radius 1 is 1.56 bits per heavy atom. The van der Waals surface area contributed by atoms with Crippen LogP contribution in [0.4, 0.5) is 10.2 Å². The number of aromatic nitrogens is 2. The first kappa shape index (κ1) is 13.3. The monoisotopic (exact) mass is 275 g/mol.